The molecule has 1 saturated heterocycles. The lowest BCUT2D eigenvalue weighted by atomic mass is 10.0. The quantitative estimate of drug-likeness (QED) is 0.646. The van der Waals surface area contributed by atoms with Gasteiger partial charge in [0.2, 0.25) is 5.91 Å². The predicted octanol–water partition coefficient (Wildman–Crippen LogP) is 3.15. The Hall–Kier alpha value is -3.09. The van der Waals surface area contributed by atoms with Gasteiger partial charge < -0.3 is 20.3 Å². The Morgan fingerprint density at radius 1 is 1.16 bits per heavy atom. The van der Waals surface area contributed by atoms with E-state index in [-0.39, 0.29) is 17.7 Å². The number of carbonyl (C=O) groups excluding carboxylic acids is 2. The van der Waals surface area contributed by atoms with Crippen LogP contribution in [0, 0.1) is 5.92 Å². The molecule has 7 heteroatoms. The highest BCUT2D eigenvalue weighted by atomic mass is 16.5. The number of para-hydroxylation sites is 1. The Labute approximate surface area is 184 Å². The minimum absolute atomic E-state index is 0.0687. The van der Waals surface area contributed by atoms with Crippen molar-refractivity contribution >= 4 is 17.6 Å². The van der Waals surface area contributed by atoms with Crippen molar-refractivity contribution in [1.82, 2.24) is 15.6 Å². The van der Waals surface area contributed by atoms with Crippen LogP contribution in [0.4, 0.5) is 5.82 Å². The Balaban J connectivity index is 1.63. The molecule has 0 saturated carbocycles. The third-order valence-corrected chi connectivity index (χ3v) is 5.37. The first-order valence-electron chi connectivity index (χ1n) is 11.0. The Morgan fingerprint density at radius 3 is 2.61 bits per heavy atom. The summed E-state index contributed by atoms with van der Waals surface area (Å²) in [6, 6.07) is 10.3. The monoisotopic (exact) mass is 424 g/mol. The topological polar surface area (TPSA) is 83.6 Å². The van der Waals surface area contributed by atoms with E-state index in [2.05, 4.69) is 20.5 Å². The van der Waals surface area contributed by atoms with Crippen LogP contribution in [0.5, 0.6) is 5.75 Å². The number of pyridine rings is 1. The van der Waals surface area contributed by atoms with Crippen molar-refractivity contribution < 1.29 is 14.3 Å². The van der Waals surface area contributed by atoms with Gasteiger partial charge in [0.05, 0.1) is 12.2 Å². The SMILES string of the molecule is CCOc1ccccc1C(=O)NC(C(=O)NCc1ccnc(N2CCCC2)c1)C(C)C. The predicted molar refractivity (Wildman–Crippen MR) is 121 cm³/mol. The standard InChI is InChI=1S/C24H32N4O3/c1-4-31-20-10-6-5-9-19(20)23(29)27-22(17(2)3)24(30)26-16-18-11-12-25-21(15-18)28-13-7-8-14-28/h5-6,9-12,15,17,22H,4,7-8,13-14,16H2,1-3H3,(H,26,30)(H,27,29). The van der Waals surface area contributed by atoms with Crippen molar-refractivity contribution in [2.24, 2.45) is 5.92 Å². The number of anilines is 1. The minimum Gasteiger partial charge on any atom is -0.493 e. The van der Waals surface area contributed by atoms with E-state index in [9.17, 15) is 9.59 Å². The van der Waals surface area contributed by atoms with Crippen LogP contribution in [0.15, 0.2) is 42.6 Å². The number of nitrogens with one attached hydrogen (secondary N) is 2. The highest BCUT2D eigenvalue weighted by Crippen LogP contribution is 2.20. The summed E-state index contributed by atoms with van der Waals surface area (Å²) in [6.45, 7) is 8.59. The van der Waals surface area contributed by atoms with Gasteiger partial charge in [0, 0.05) is 25.8 Å². The molecule has 0 aliphatic carbocycles. The maximum absolute atomic E-state index is 12.9. The van der Waals surface area contributed by atoms with Gasteiger partial charge in [-0.15, -0.1) is 0 Å². The molecular formula is C24H32N4O3. The molecule has 0 spiro atoms. The molecule has 0 radical (unpaired) electrons. The number of benzene rings is 1. The number of aromatic nitrogens is 1. The second-order valence-corrected chi connectivity index (χ2v) is 8.06. The van der Waals surface area contributed by atoms with Crippen molar-refractivity contribution in [3.05, 3.63) is 53.7 Å². The first-order valence-corrected chi connectivity index (χ1v) is 11.0. The highest BCUT2D eigenvalue weighted by Gasteiger charge is 2.25. The van der Waals surface area contributed by atoms with Gasteiger partial charge in [-0.2, -0.15) is 0 Å². The zero-order valence-corrected chi connectivity index (χ0v) is 18.6. The van der Waals surface area contributed by atoms with Crippen LogP contribution in [-0.2, 0) is 11.3 Å². The second-order valence-electron chi connectivity index (χ2n) is 8.06. The van der Waals surface area contributed by atoms with Gasteiger partial charge in [-0.05, 0) is 55.5 Å². The van der Waals surface area contributed by atoms with Gasteiger partial charge in [-0.1, -0.05) is 26.0 Å². The molecule has 1 atom stereocenters. The van der Waals surface area contributed by atoms with Crippen molar-refractivity contribution in [2.45, 2.75) is 46.2 Å². The molecule has 1 fully saturated rings. The summed E-state index contributed by atoms with van der Waals surface area (Å²) in [6.07, 6.45) is 4.15. The van der Waals surface area contributed by atoms with Crippen LogP contribution in [0.3, 0.4) is 0 Å². The third-order valence-electron chi connectivity index (χ3n) is 5.37. The maximum Gasteiger partial charge on any atom is 0.255 e. The van der Waals surface area contributed by atoms with Crippen LogP contribution >= 0.6 is 0 Å². The molecule has 7 nitrogen and oxygen atoms in total. The number of ether oxygens (including phenoxy) is 1. The number of hydrogen-bond acceptors (Lipinski definition) is 5. The Kier molecular flexibility index (Phi) is 7.87. The van der Waals surface area contributed by atoms with Gasteiger partial charge >= 0.3 is 0 Å². The molecule has 2 heterocycles. The van der Waals surface area contributed by atoms with E-state index in [1.807, 2.05) is 39.0 Å². The molecule has 31 heavy (non-hydrogen) atoms. The van der Waals surface area contributed by atoms with Crippen molar-refractivity contribution in [3.8, 4) is 5.75 Å². The summed E-state index contributed by atoms with van der Waals surface area (Å²) in [5.41, 5.74) is 1.41. The highest BCUT2D eigenvalue weighted by molar-refractivity contribution is 5.99. The summed E-state index contributed by atoms with van der Waals surface area (Å²) >= 11 is 0. The Morgan fingerprint density at radius 2 is 1.90 bits per heavy atom. The molecule has 1 unspecified atom stereocenters. The zero-order chi connectivity index (χ0) is 22.2. The molecule has 2 amide bonds. The molecule has 3 rings (SSSR count). The zero-order valence-electron chi connectivity index (χ0n) is 18.6. The van der Waals surface area contributed by atoms with Crippen molar-refractivity contribution in [1.29, 1.82) is 0 Å². The average molecular weight is 425 g/mol. The fourth-order valence-corrected chi connectivity index (χ4v) is 3.68. The molecular weight excluding hydrogens is 392 g/mol. The van der Waals surface area contributed by atoms with Crippen LogP contribution in [-0.4, -0.2) is 42.5 Å². The van der Waals surface area contributed by atoms with Crippen LogP contribution in [0.2, 0.25) is 0 Å². The van der Waals surface area contributed by atoms with Crippen LogP contribution in [0.1, 0.15) is 49.5 Å². The second kappa shape index (κ2) is 10.8. The van der Waals surface area contributed by atoms with Crippen molar-refractivity contribution in [3.63, 3.8) is 0 Å². The number of rotatable bonds is 9. The first kappa shape index (κ1) is 22.6. The molecule has 166 valence electrons. The van der Waals surface area contributed by atoms with Crippen LogP contribution in [0.25, 0.3) is 0 Å². The fraction of sp³-hybridized carbons (Fsp3) is 0.458. The molecule has 1 aromatic carbocycles. The van der Waals surface area contributed by atoms with E-state index in [1.165, 1.54) is 12.8 Å². The van der Waals surface area contributed by atoms with Gasteiger partial charge in [-0.25, -0.2) is 4.98 Å². The van der Waals surface area contributed by atoms with E-state index < -0.39 is 6.04 Å². The summed E-state index contributed by atoms with van der Waals surface area (Å²) in [5.74, 6) is 0.859. The number of nitrogens with zero attached hydrogens (tertiary/aromatic N) is 2. The molecule has 2 N–H and O–H groups in total. The summed E-state index contributed by atoms with van der Waals surface area (Å²) in [5, 5.41) is 5.84. The van der Waals surface area contributed by atoms with E-state index in [0.29, 0.717) is 24.5 Å². The lowest BCUT2D eigenvalue weighted by molar-refractivity contribution is -0.124. The first-order chi connectivity index (χ1) is 15.0. The lowest BCUT2D eigenvalue weighted by Gasteiger charge is -2.22. The number of hydrogen-bond donors (Lipinski definition) is 2. The van der Waals surface area contributed by atoms with E-state index in [0.717, 1.165) is 24.5 Å². The summed E-state index contributed by atoms with van der Waals surface area (Å²) in [4.78, 5) is 32.4. The fourth-order valence-electron chi connectivity index (χ4n) is 3.68. The number of carbonyl (C=O) groups is 2. The average Bonchev–Trinajstić information content (AvgIpc) is 3.31. The van der Waals surface area contributed by atoms with E-state index >= 15 is 0 Å². The molecule has 0 bridgehead atoms. The smallest absolute Gasteiger partial charge is 0.255 e. The minimum atomic E-state index is -0.651. The maximum atomic E-state index is 12.9. The number of amides is 2. The Bertz CT molecular complexity index is 894. The summed E-state index contributed by atoms with van der Waals surface area (Å²) in [7, 11) is 0. The largest absolute Gasteiger partial charge is 0.493 e. The van der Waals surface area contributed by atoms with Crippen molar-refractivity contribution in [2.75, 3.05) is 24.6 Å². The lowest BCUT2D eigenvalue weighted by Crippen LogP contribution is -2.49. The normalized spacial score (nSPS) is 14.4. The van der Waals surface area contributed by atoms with Crippen LogP contribution < -0.4 is 20.3 Å². The van der Waals surface area contributed by atoms with Gasteiger partial charge in [0.15, 0.2) is 0 Å². The third kappa shape index (κ3) is 5.96. The van der Waals surface area contributed by atoms with Gasteiger partial charge in [0.25, 0.3) is 5.91 Å². The van der Waals surface area contributed by atoms with Gasteiger partial charge in [-0.3, -0.25) is 9.59 Å². The molecule has 2 aromatic rings. The van der Waals surface area contributed by atoms with Gasteiger partial charge in [0.1, 0.15) is 17.6 Å². The molecule has 1 aliphatic rings. The van der Waals surface area contributed by atoms with E-state index in [4.69, 9.17) is 4.74 Å². The summed E-state index contributed by atoms with van der Waals surface area (Å²) < 4.78 is 5.55. The molecule has 1 aromatic heterocycles. The van der Waals surface area contributed by atoms with E-state index in [1.54, 1.807) is 24.4 Å². The molecule has 1 aliphatic heterocycles.